The molecule has 0 saturated heterocycles. The van der Waals surface area contributed by atoms with Crippen LogP contribution in [-0.2, 0) is 15.1 Å². The number of nitrogens with one attached hydrogen (secondary N) is 2. The van der Waals surface area contributed by atoms with E-state index in [0.29, 0.717) is 12.2 Å². The zero-order valence-electron chi connectivity index (χ0n) is 14.3. The molecule has 0 bridgehead atoms. The minimum Gasteiger partial charge on any atom is -0.371 e. The fourth-order valence-electron chi connectivity index (χ4n) is 2.78. The maximum atomic E-state index is 12.3. The second-order valence-corrected chi connectivity index (χ2v) is 6.55. The predicted molar refractivity (Wildman–Crippen MR) is 85.8 cm³/mol. The second kappa shape index (κ2) is 7.21. The Morgan fingerprint density at radius 1 is 1.39 bits per heavy atom. The van der Waals surface area contributed by atoms with Crippen LogP contribution in [0.4, 0.5) is 0 Å². The first kappa shape index (κ1) is 17.6. The summed E-state index contributed by atoms with van der Waals surface area (Å²) in [6.45, 7) is 5.51. The number of hydrogen-bond acceptors (Lipinski definition) is 5. The Balaban J connectivity index is 2.18. The van der Waals surface area contributed by atoms with Gasteiger partial charge in [-0.3, -0.25) is 9.59 Å². The molecule has 1 aliphatic carbocycles. The highest BCUT2D eigenvalue weighted by molar-refractivity contribution is 5.79. The second-order valence-electron chi connectivity index (χ2n) is 6.55. The van der Waals surface area contributed by atoms with E-state index in [1.807, 2.05) is 6.92 Å². The zero-order chi connectivity index (χ0) is 17.0. The summed E-state index contributed by atoms with van der Waals surface area (Å²) in [5.74, 6) is 0.436. The van der Waals surface area contributed by atoms with E-state index in [-0.39, 0.29) is 23.1 Å². The van der Waals surface area contributed by atoms with Gasteiger partial charge in [-0.15, -0.1) is 10.2 Å². The van der Waals surface area contributed by atoms with Crippen LogP contribution in [0.1, 0.15) is 70.4 Å². The number of H-pyrrole nitrogens is 1. The maximum Gasteiger partial charge on any atom is 0.275 e. The van der Waals surface area contributed by atoms with Crippen LogP contribution < -0.4 is 10.9 Å². The Morgan fingerprint density at radius 3 is 2.57 bits per heavy atom. The highest BCUT2D eigenvalue weighted by atomic mass is 16.5. The third kappa shape index (κ3) is 3.96. The minimum atomic E-state index is -0.723. The standard InChI is InChI=1S/C16H26N4O3/c1-5-11(17-13(21)10-8-6-7-9-10)12-14(22)18-15(20-19-12)16(2,3)23-4/h10-11H,5-9H2,1-4H3,(H,17,21)(H,18,20,22). The van der Waals surface area contributed by atoms with Crippen molar-refractivity contribution in [1.82, 2.24) is 20.5 Å². The number of aromatic amines is 1. The fourth-order valence-corrected chi connectivity index (χ4v) is 2.78. The number of nitrogens with zero attached hydrogens (tertiary/aromatic N) is 2. The third-order valence-corrected chi connectivity index (χ3v) is 4.58. The number of aromatic nitrogens is 3. The Morgan fingerprint density at radius 2 is 2.04 bits per heavy atom. The van der Waals surface area contributed by atoms with Crippen LogP contribution in [0.15, 0.2) is 4.79 Å². The van der Waals surface area contributed by atoms with Gasteiger partial charge in [0, 0.05) is 13.0 Å². The van der Waals surface area contributed by atoms with Gasteiger partial charge in [-0.2, -0.15) is 0 Å². The van der Waals surface area contributed by atoms with E-state index in [9.17, 15) is 9.59 Å². The van der Waals surface area contributed by atoms with Crippen molar-refractivity contribution in [3.05, 3.63) is 21.9 Å². The monoisotopic (exact) mass is 322 g/mol. The summed E-state index contributed by atoms with van der Waals surface area (Å²) in [7, 11) is 1.55. The molecule has 1 heterocycles. The number of hydrogen-bond donors (Lipinski definition) is 2. The van der Waals surface area contributed by atoms with Crippen molar-refractivity contribution in [2.45, 2.75) is 64.5 Å². The molecular weight excluding hydrogens is 296 g/mol. The summed E-state index contributed by atoms with van der Waals surface area (Å²) < 4.78 is 5.30. The number of amides is 1. The summed E-state index contributed by atoms with van der Waals surface area (Å²) in [6.07, 6.45) is 4.62. The Hall–Kier alpha value is -1.76. The van der Waals surface area contributed by atoms with E-state index in [1.165, 1.54) is 0 Å². The third-order valence-electron chi connectivity index (χ3n) is 4.58. The summed E-state index contributed by atoms with van der Waals surface area (Å²) in [5, 5.41) is 11.1. The van der Waals surface area contributed by atoms with Gasteiger partial charge in [0.2, 0.25) is 5.91 Å². The molecule has 23 heavy (non-hydrogen) atoms. The van der Waals surface area contributed by atoms with E-state index in [1.54, 1.807) is 21.0 Å². The van der Waals surface area contributed by atoms with Gasteiger partial charge in [-0.05, 0) is 33.1 Å². The molecule has 1 fully saturated rings. The van der Waals surface area contributed by atoms with Gasteiger partial charge in [0.1, 0.15) is 5.60 Å². The average Bonchev–Trinajstić information content (AvgIpc) is 3.07. The van der Waals surface area contributed by atoms with Crippen LogP contribution in [0.3, 0.4) is 0 Å². The van der Waals surface area contributed by atoms with Gasteiger partial charge >= 0.3 is 0 Å². The molecule has 2 N–H and O–H groups in total. The molecule has 7 nitrogen and oxygen atoms in total. The topological polar surface area (TPSA) is 97.0 Å². The van der Waals surface area contributed by atoms with E-state index < -0.39 is 11.6 Å². The van der Waals surface area contributed by atoms with Crippen molar-refractivity contribution in [1.29, 1.82) is 0 Å². The Bertz CT molecular complexity index is 606. The number of ether oxygens (including phenoxy) is 1. The maximum absolute atomic E-state index is 12.3. The SMILES string of the molecule is CCC(NC(=O)C1CCCC1)c1nnc(C(C)(C)OC)[nH]c1=O. The van der Waals surface area contributed by atoms with Gasteiger partial charge < -0.3 is 15.0 Å². The quantitative estimate of drug-likeness (QED) is 0.832. The molecule has 1 aromatic heterocycles. The predicted octanol–water partition coefficient (Wildman–Crippen LogP) is 1.80. The van der Waals surface area contributed by atoms with Gasteiger partial charge in [0.25, 0.3) is 5.56 Å². The fraction of sp³-hybridized carbons (Fsp3) is 0.750. The normalized spacial score (nSPS) is 17.2. The van der Waals surface area contributed by atoms with Crippen LogP contribution in [-0.4, -0.2) is 28.2 Å². The van der Waals surface area contributed by atoms with E-state index in [4.69, 9.17) is 4.74 Å². The van der Waals surface area contributed by atoms with E-state index in [2.05, 4.69) is 20.5 Å². The first-order chi connectivity index (χ1) is 10.9. The number of rotatable bonds is 6. The molecule has 1 atom stereocenters. The molecule has 2 rings (SSSR count). The molecule has 1 unspecified atom stereocenters. The molecule has 1 saturated carbocycles. The minimum absolute atomic E-state index is 0.0110. The van der Waals surface area contributed by atoms with Crippen LogP contribution in [0.25, 0.3) is 0 Å². The average molecular weight is 322 g/mol. The van der Waals surface area contributed by atoms with Crippen molar-refractivity contribution in [3.8, 4) is 0 Å². The first-order valence-corrected chi connectivity index (χ1v) is 8.22. The van der Waals surface area contributed by atoms with Gasteiger partial charge in [-0.1, -0.05) is 19.8 Å². The summed E-state index contributed by atoms with van der Waals surface area (Å²) in [4.78, 5) is 27.3. The van der Waals surface area contributed by atoms with Crippen molar-refractivity contribution >= 4 is 5.91 Å². The lowest BCUT2D eigenvalue weighted by molar-refractivity contribution is -0.125. The number of carbonyl (C=O) groups is 1. The van der Waals surface area contributed by atoms with Crippen molar-refractivity contribution in [2.75, 3.05) is 7.11 Å². The van der Waals surface area contributed by atoms with Crippen LogP contribution in [0.5, 0.6) is 0 Å². The molecule has 128 valence electrons. The highest BCUT2D eigenvalue weighted by Gasteiger charge is 2.28. The smallest absolute Gasteiger partial charge is 0.275 e. The lowest BCUT2D eigenvalue weighted by atomic mass is 10.1. The molecule has 0 aromatic carbocycles. The zero-order valence-corrected chi connectivity index (χ0v) is 14.3. The van der Waals surface area contributed by atoms with Gasteiger partial charge in [0.05, 0.1) is 6.04 Å². The van der Waals surface area contributed by atoms with E-state index in [0.717, 1.165) is 25.7 Å². The van der Waals surface area contributed by atoms with Gasteiger partial charge in [0.15, 0.2) is 11.5 Å². The van der Waals surface area contributed by atoms with Crippen molar-refractivity contribution < 1.29 is 9.53 Å². The molecule has 0 spiro atoms. The molecule has 7 heteroatoms. The van der Waals surface area contributed by atoms with Gasteiger partial charge in [-0.25, -0.2) is 0 Å². The largest absolute Gasteiger partial charge is 0.371 e. The molecule has 0 radical (unpaired) electrons. The van der Waals surface area contributed by atoms with Crippen LogP contribution >= 0.6 is 0 Å². The van der Waals surface area contributed by atoms with Crippen LogP contribution in [0.2, 0.25) is 0 Å². The van der Waals surface area contributed by atoms with Crippen LogP contribution in [0, 0.1) is 5.92 Å². The summed E-state index contributed by atoms with van der Waals surface area (Å²) >= 11 is 0. The molecule has 0 aliphatic heterocycles. The Kier molecular flexibility index (Phi) is 5.51. The summed E-state index contributed by atoms with van der Waals surface area (Å²) in [5.41, 5.74) is -0.812. The van der Waals surface area contributed by atoms with Crippen molar-refractivity contribution in [3.63, 3.8) is 0 Å². The molecular formula is C16H26N4O3. The summed E-state index contributed by atoms with van der Waals surface area (Å²) in [6, 6.07) is -0.418. The highest BCUT2D eigenvalue weighted by Crippen LogP contribution is 2.26. The van der Waals surface area contributed by atoms with E-state index >= 15 is 0 Å². The first-order valence-electron chi connectivity index (χ1n) is 8.22. The lowest BCUT2D eigenvalue weighted by Gasteiger charge is -2.22. The number of methoxy groups -OCH3 is 1. The molecule has 1 aromatic rings. The molecule has 1 amide bonds. The molecule has 1 aliphatic rings. The number of carbonyl (C=O) groups excluding carboxylic acids is 1. The van der Waals surface area contributed by atoms with Crippen molar-refractivity contribution in [2.24, 2.45) is 5.92 Å². The lowest BCUT2D eigenvalue weighted by Crippen LogP contribution is -2.37. The Labute approximate surface area is 136 Å².